The first-order chi connectivity index (χ1) is 12.8. The minimum Gasteiger partial charge on any atom is -0.441 e. The van der Waals surface area contributed by atoms with E-state index in [9.17, 15) is 13.2 Å². The number of likely N-dealkylation sites (tertiary alicyclic amines) is 1. The summed E-state index contributed by atoms with van der Waals surface area (Å²) in [6.45, 7) is 10.9. The second-order valence-electron chi connectivity index (χ2n) is 7.00. The number of benzene rings is 1. The zero-order valence-corrected chi connectivity index (χ0v) is 16.0. The number of hydrogen-bond acceptors (Lipinski definition) is 4. The van der Waals surface area contributed by atoms with Crippen molar-refractivity contribution in [1.82, 2.24) is 14.8 Å². The molecule has 1 fully saturated rings. The lowest BCUT2D eigenvalue weighted by Crippen LogP contribution is -2.37. The maximum atomic E-state index is 12.9. The van der Waals surface area contributed by atoms with Gasteiger partial charge < -0.3 is 4.42 Å². The van der Waals surface area contributed by atoms with Gasteiger partial charge >= 0.3 is 6.18 Å². The van der Waals surface area contributed by atoms with Crippen molar-refractivity contribution in [2.75, 3.05) is 26.2 Å². The smallest absolute Gasteiger partial charge is 0.416 e. The molecule has 27 heavy (non-hydrogen) atoms. The quantitative estimate of drug-likeness (QED) is 0.733. The number of hydrogen-bond donors (Lipinski definition) is 0. The molecule has 1 aromatic carbocycles. The van der Waals surface area contributed by atoms with Gasteiger partial charge in [-0.15, -0.1) is 0 Å². The van der Waals surface area contributed by atoms with E-state index in [0.29, 0.717) is 23.9 Å². The topological polar surface area (TPSA) is 32.5 Å². The van der Waals surface area contributed by atoms with Gasteiger partial charge in [0.1, 0.15) is 5.76 Å². The summed E-state index contributed by atoms with van der Waals surface area (Å²) in [5.41, 5.74) is 0.447. The van der Waals surface area contributed by atoms with Crippen molar-refractivity contribution in [3.8, 4) is 11.5 Å². The lowest BCUT2D eigenvalue weighted by atomic mass is 10.1. The van der Waals surface area contributed by atoms with E-state index in [4.69, 9.17) is 4.42 Å². The molecule has 1 aliphatic heterocycles. The SMILES string of the molecule is CCN(CC)[C@@H]1CCN(Cc2nc(-c3cccc(C(F)(F)F)c3)oc2C)C1. The van der Waals surface area contributed by atoms with Crippen LogP contribution in [0, 0.1) is 6.92 Å². The number of aromatic nitrogens is 1. The number of aryl methyl sites for hydroxylation is 1. The van der Waals surface area contributed by atoms with Crippen LogP contribution in [0.15, 0.2) is 28.7 Å². The molecule has 148 valence electrons. The molecule has 0 unspecified atom stereocenters. The van der Waals surface area contributed by atoms with Gasteiger partial charge in [0.15, 0.2) is 0 Å². The Balaban J connectivity index is 1.73. The third kappa shape index (κ3) is 4.52. The Kier molecular flexibility index (Phi) is 5.91. The van der Waals surface area contributed by atoms with Gasteiger partial charge in [-0.2, -0.15) is 13.2 Å². The van der Waals surface area contributed by atoms with Crippen LogP contribution in [-0.2, 0) is 12.7 Å². The van der Waals surface area contributed by atoms with Crippen LogP contribution in [0.25, 0.3) is 11.5 Å². The summed E-state index contributed by atoms with van der Waals surface area (Å²) < 4.78 is 44.5. The molecule has 1 aliphatic rings. The molecule has 0 bridgehead atoms. The number of halogens is 3. The number of alkyl halides is 3. The Morgan fingerprint density at radius 1 is 1.26 bits per heavy atom. The second-order valence-corrected chi connectivity index (χ2v) is 7.00. The number of likely N-dealkylation sites (N-methyl/N-ethyl adjacent to an activating group) is 1. The molecular weight excluding hydrogens is 355 g/mol. The van der Waals surface area contributed by atoms with Crippen molar-refractivity contribution in [3.63, 3.8) is 0 Å². The Morgan fingerprint density at radius 3 is 2.67 bits per heavy atom. The van der Waals surface area contributed by atoms with Crippen LogP contribution >= 0.6 is 0 Å². The molecule has 0 spiro atoms. The third-order valence-electron chi connectivity index (χ3n) is 5.28. The normalized spacial score (nSPS) is 18.6. The zero-order valence-electron chi connectivity index (χ0n) is 16.0. The number of oxazole rings is 1. The van der Waals surface area contributed by atoms with Gasteiger partial charge in [-0.05, 0) is 44.6 Å². The summed E-state index contributed by atoms with van der Waals surface area (Å²) in [5, 5.41) is 0. The van der Waals surface area contributed by atoms with Crippen LogP contribution < -0.4 is 0 Å². The number of rotatable bonds is 6. The van der Waals surface area contributed by atoms with E-state index in [1.165, 1.54) is 6.07 Å². The zero-order chi connectivity index (χ0) is 19.6. The first-order valence-electron chi connectivity index (χ1n) is 9.42. The van der Waals surface area contributed by atoms with Crippen molar-refractivity contribution in [3.05, 3.63) is 41.3 Å². The molecule has 2 heterocycles. The van der Waals surface area contributed by atoms with Gasteiger partial charge in [0.2, 0.25) is 5.89 Å². The first kappa shape index (κ1) is 19.9. The van der Waals surface area contributed by atoms with E-state index in [1.807, 2.05) is 6.92 Å². The fraction of sp³-hybridized carbons (Fsp3) is 0.550. The average Bonchev–Trinajstić information content (AvgIpc) is 3.23. The maximum Gasteiger partial charge on any atom is 0.416 e. The molecule has 0 N–H and O–H groups in total. The van der Waals surface area contributed by atoms with E-state index in [1.54, 1.807) is 6.07 Å². The fourth-order valence-corrected chi connectivity index (χ4v) is 3.73. The molecule has 0 aliphatic carbocycles. The molecule has 1 aromatic heterocycles. The Labute approximate surface area is 158 Å². The second kappa shape index (κ2) is 8.02. The predicted molar refractivity (Wildman–Crippen MR) is 98.3 cm³/mol. The highest BCUT2D eigenvalue weighted by molar-refractivity contribution is 5.55. The fourth-order valence-electron chi connectivity index (χ4n) is 3.73. The summed E-state index contributed by atoms with van der Waals surface area (Å²) in [4.78, 5) is 9.29. The lowest BCUT2D eigenvalue weighted by molar-refractivity contribution is -0.137. The monoisotopic (exact) mass is 381 g/mol. The highest BCUT2D eigenvalue weighted by Crippen LogP contribution is 2.32. The van der Waals surface area contributed by atoms with E-state index in [2.05, 4.69) is 28.6 Å². The Morgan fingerprint density at radius 2 is 2.00 bits per heavy atom. The van der Waals surface area contributed by atoms with Gasteiger partial charge in [-0.1, -0.05) is 19.9 Å². The lowest BCUT2D eigenvalue weighted by Gasteiger charge is -2.26. The highest BCUT2D eigenvalue weighted by Gasteiger charge is 2.31. The van der Waals surface area contributed by atoms with Gasteiger partial charge in [-0.25, -0.2) is 4.98 Å². The van der Waals surface area contributed by atoms with E-state index in [-0.39, 0.29) is 5.89 Å². The van der Waals surface area contributed by atoms with E-state index < -0.39 is 11.7 Å². The Bertz CT molecular complexity index is 768. The molecule has 7 heteroatoms. The van der Waals surface area contributed by atoms with Crippen LogP contribution in [0.5, 0.6) is 0 Å². The molecular formula is C20H26F3N3O. The van der Waals surface area contributed by atoms with Crippen molar-refractivity contribution in [2.24, 2.45) is 0 Å². The molecule has 0 amide bonds. The molecule has 3 rings (SSSR count). The summed E-state index contributed by atoms with van der Waals surface area (Å²) in [5.74, 6) is 0.904. The summed E-state index contributed by atoms with van der Waals surface area (Å²) >= 11 is 0. The van der Waals surface area contributed by atoms with Crippen LogP contribution in [0.1, 0.15) is 37.3 Å². The van der Waals surface area contributed by atoms with Crippen LogP contribution in [-0.4, -0.2) is 47.0 Å². The van der Waals surface area contributed by atoms with Crippen LogP contribution in [0.4, 0.5) is 13.2 Å². The maximum absolute atomic E-state index is 12.9. The summed E-state index contributed by atoms with van der Waals surface area (Å²) in [7, 11) is 0. The minimum atomic E-state index is -4.38. The highest BCUT2D eigenvalue weighted by atomic mass is 19.4. The first-order valence-corrected chi connectivity index (χ1v) is 9.42. The van der Waals surface area contributed by atoms with Crippen LogP contribution in [0.3, 0.4) is 0 Å². The number of nitrogens with zero attached hydrogens (tertiary/aromatic N) is 3. The standard InChI is InChI=1S/C20H26F3N3O/c1-4-26(5-2)17-9-10-25(12-17)13-18-14(3)27-19(24-18)15-7-6-8-16(11-15)20(21,22)23/h6-8,11,17H,4-5,9-10,12-13H2,1-3H3/t17-/m1/s1. The van der Waals surface area contributed by atoms with Gasteiger partial charge in [0.25, 0.3) is 0 Å². The van der Waals surface area contributed by atoms with Gasteiger partial charge in [-0.3, -0.25) is 9.80 Å². The minimum absolute atomic E-state index is 0.244. The molecule has 0 saturated carbocycles. The summed E-state index contributed by atoms with van der Waals surface area (Å²) in [6.07, 6.45) is -3.26. The van der Waals surface area contributed by atoms with Crippen molar-refractivity contribution < 1.29 is 17.6 Å². The molecule has 0 radical (unpaired) electrons. The molecule has 1 saturated heterocycles. The molecule has 1 atom stereocenters. The predicted octanol–water partition coefficient (Wildman–Crippen LogP) is 4.58. The third-order valence-corrected chi connectivity index (χ3v) is 5.28. The van der Waals surface area contributed by atoms with E-state index >= 15 is 0 Å². The van der Waals surface area contributed by atoms with Gasteiger partial charge in [0, 0.05) is 31.2 Å². The summed E-state index contributed by atoms with van der Waals surface area (Å²) in [6, 6.07) is 5.66. The van der Waals surface area contributed by atoms with Crippen LogP contribution in [0.2, 0.25) is 0 Å². The Hall–Kier alpha value is -1.86. The van der Waals surface area contributed by atoms with Crippen molar-refractivity contribution >= 4 is 0 Å². The molecule has 2 aromatic rings. The molecule has 4 nitrogen and oxygen atoms in total. The average molecular weight is 381 g/mol. The largest absolute Gasteiger partial charge is 0.441 e. The van der Waals surface area contributed by atoms with Crippen molar-refractivity contribution in [2.45, 2.75) is 46.0 Å². The van der Waals surface area contributed by atoms with Crippen molar-refractivity contribution in [1.29, 1.82) is 0 Å². The van der Waals surface area contributed by atoms with Gasteiger partial charge in [0.05, 0.1) is 11.3 Å². The van der Waals surface area contributed by atoms with E-state index in [0.717, 1.165) is 50.4 Å².